The SMILES string of the molecule is Nc1ccccc1N1CCN(C(OC(=O)c2cnccn2)c2cccc(Cl)c2Cl)CC1. The summed E-state index contributed by atoms with van der Waals surface area (Å²) in [7, 11) is 0. The number of rotatable bonds is 5. The Balaban J connectivity index is 1.57. The van der Waals surface area contributed by atoms with Gasteiger partial charge in [0.25, 0.3) is 0 Å². The molecule has 0 radical (unpaired) electrons. The molecule has 2 heterocycles. The third-order valence-electron chi connectivity index (χ3n) is 5.16. The highest BCUT2D eigenvalue weighted by Crippen LogP contribution is 2.35. The van der Waals surface area contributed by atoms with E-state index in [1.54, 1.807) is 12.1 Å². The molecule has 1 atom stereocenters. The number of para-hydroxylation sites is 2. The molecule has 1 unspecified atom stereocenters. The average molecular weight is 458 g/mol. The van der Waals surface area contributed by atoms with Crippen LogP contribution in [0.4, 0.5) is 11.4 Å². The number of anilines is 2. The first-order valence-electron chi connectivity index (χ1n) is 9.79. The third-order valence-corrected chi connectivity index (χ3v) is 6.00. The molecule has 1 aromatic heterocycles. The van der Waals surface area contributed by atoms with Gasteiger partial charge in [-0.1, -0.05) is 47.5 Å². The van der Waals surface area contributed by atoms with E-state index in [4.69, 9.17) is 33.7 Å². The highest BCUT2D eigenvalue weighted by atomic mass is 35.5. The minimum Gasteiger partial charge on any atom is -0.437 e. The number of carbonyl (C=O) groups excluding carboxylic acids is 1. The standard InChI is InChI=1S/C22H21Cl2N5O2/c23-16-5-3-4-15(20(16)24)21(31-22(30)18-14-26-8-9-27-18)29-12-10-28(11-13-29)19-7-2-1-6-17(19)25/h1-9,14,21H,10-13,25H2. The topological polar surface area (TPSA) is 84.6 Å². The number of benzene rings is 2. The fourth-order valence-corrected chi connectivity index (χ4v) is 3.99. The van der Waals surface area contributed by atoms with E-state index in [0.717, 1.165) is 11.4 Å². The lowest BCUT2D eigenvalue weighted by Crippen LogP contribution is -2.48. The van der Waals surface area contributed by atoms with Crippen molar-refractivity contribution >= 4 is 40.5 Å². The number of hydrogen-bond acceptors (Lipinski definition) is 7. The maximum Gasteiger partial charge on any atom is 0.360 e. The van der Waals surface area contributed by atoms with Crippen molar-refractivity contribution in [3.8, 4) is 0 Å². The number of carbonyl (C=O) groups is 1. The minimum absolute atomic E-state index is 0.126. The summed E-state index contributed by atoms with van der Waals surface area (Å²) in [5.74, 6) is -0.580. The number of piperazine rings is 1. The van der Waals surface area contributed by atoms with Crippen molar-refractivity contribution in [2.24, 2.45) is 0 Å². The van der Waals surface area contributed by atoms with E-state index in [-0.39, 0.29) is 5.69 Å². The van der Waals surface area contributed by atoms with Gasteiger partial charge in [-0.15, -0.1) is 0 Å². The predicted molar refractivity (Wildman–Crippen MR) is 121 cm³/mol. The van der Waals surface area contributed by atoms with E-state index in [1.807, 2.05) is 30.3 Å². The zero-order valence-corrected chi connectivity index (χ0v) is 18.1. The van der Waals surface area contributed by atoms with Gasteiger partial charge in [0.2, 0.25) is 0 Å². The van der Waals surface area contributed by atoms with E-state index >= 15 is 0 Å². The molecule has 2 aromatic carbocycles. The fourth-order valence-electron chi connectivity index (χ4n) is 3.59. The van der Waals surface area contributed by atoms with Crippen LogP contribution in [0.25, 0.3) is 0 Å². The molecule has 3 aromatic rings. The van der Waals surface area contributed by atoms with Crippen molar-refractivity contribution in [2.75, 3.05) is 36.8 Å². The normalized spacial score (nSPS) is 15.5. The first-order chi connectivity index (χ1) is 15.0. The number of nitrogens with zero attached hydrogens (tertiary/aromatic N) is 4. The molecule has 0 aliphatic carbocycles. The van der Waals surface area contributed by atoms with E-state index in [0.29, 0.717) is 41.8 Å². The smallest absolute Gasteiger partial charge is 0.360 e. The lowest BCUT2D eigenvalue weighted by atomic mass is 10.1. The highest BCUT2D eigenvalue weighted by molar-refractivity contribution is 6.42. The van der Waals surface area contributed by atoms with Gasteiger partial charge in [0, 0.05) is 44.1 Å². The Morgan fingerprint density at radius 3 is 2.52 bits per heavy atom. The van der Waals surface area contributed by atoms with Gasteiger partial charge in [0.15, 0.2) is 11.9 Å². The number of ether oxygens (including phenoxy) is 1. The molecular weight excluding hydrogens is 437 g/mol. The van der Waals surface area contributed by atoms with Crippen LogP contribution in [-0.2, 0) is 4.74 Å². The average Bonchev–Trinajstić information content (AvgIpc) is 2.80. The van der Waals surface area contributed by atoms with Crippen molar-refractivity contribution in [1.82, 2.24) is 14.9 Å². The Morgan fingerprint density at radius 2 is 1.81 bits per heavy atom. The number of halogens is 2. The summed E-state index contributed by atoms with van der Waals surface area (Å²) in [4.78, 5) is 25.0. The zero-order valence-electron chi connectivity index (χ0n) is 16.6. The van der Waals surface area contributed by atoms with Gasteiger partial charge >= 0.3 is 5.97 Å². The lowest BCUT2D eigenvalue weighted by Gasteiger charge is -2.40. The van der Waals surface area contributed by atoms with Crippen LogP contribution in [0.15, 0.2) is 61.1 Å². The molecular formula is C22H21Cl2N5O2. The molecule has 0 spiro atoms. The number of esters is 1. The summed E-state index contributed by atoms with van der Waals surface area (Å²) in [6, 6.07) is 13.1. The van der Waals surface area contributed by atoms with Crippen LogP contribution in [0.2, 0.25) is 10.0 Å². The van der Waals surface area contributed by atoms with Crippen LogP contribution >= 0.6 is 23.2 Å². The van der Waals surface area contributed by atoms with Crippen LogP contribution in [0.5, 0.6) is 0 Å². The Hall–Kier alpha value is -2.87. The van der Waals surface area contributed by atoms with Crippen molar-refractivity contribution in [1.29, 1.82) is 0 Å². The monoisotopic (exact) mass is 457 g/mol. The fraction of sp³-hybridized carbons (Fsp3) is 0.227. The number of hydrogen-bond donors (Lipinski definition) is 1. The Labute approximate surface area is 190 Å². The molecule has 1 aliphatic rings. The summed E-state index contributed by atoms with van der Waals surface area (Å²) in [6.45, 7) is 2.70. The summed E-state index contributed by atoms with van der Waals surface area (Å²) >= 11 is 12.7. The van der Waals surface area contributed by atoms with Crippen molar-refractivity contribution in [3.05, 3.63) is 82.4 Å². The van der Waals surface area contributed by atoms with Crippen LogP contribution in [0.1, 0.15) is 22.3 Å². The van der Waals surface area contributed by atoms with Crippen molar-refractivity contribution < 1.29 is 9.53 Å². The number of nitrogens with two attached hydrogens (primary N) is 1. The molecule has 1 fully saturated rings. The molecule has 1 saturated heterocycles. The molecule has 7 nitrogen and oxygen atoms in total. The molecule has 0 bridgehead atoms. The highest BCUT2D eigenvalue weighted by Gasteiger charge is 2.31. The Bertz CT molecular complexity index is 1060. The molecule has 0 amide bonds. The quantitative estimate of drug-likeness (QED) is 0.456. The van der Waals surface area contributed by atoms with Gasteiger partial charge in [-0.05, 0) is 18.2 Å². The van der Waals surface area contributed by atoms with E-state index in [1.165, 1.54) is 18.6 Å². The maximum absolute atomic E-state index is 12.7. The summed E-state index contributed by atoms with van der Waals surface area (Å²) in [5.41, 5.74) is 8.62. The molecule has 9 heteroatoms. The Kier molecular flexibility index (Phi) is 6.56. The van der Waals surface area contributed by atoms with Gasteiger partial charge < -0.3 is 15.4 Å². The van der Waals surface area contributed by atoms with E-state index < -0.39 is 12.2 Å². The van der Waals surface area contributed by atoms with E-state index in [2.05, 4.69) is 19.8 Å². The summed E-state index contributed by atoms with van der Waals surface area (Å²) < 4.78 is 5.86. The second-order valence-electron chi connectivity index (χ2n) is 7.07. The summed E-state index contributed by atoms with van der Waals surface area (Å²) in [6.07, 6.45) is 3.60. The lowest BCUT2D eigenvalue weighted by molar-refractivity contribution is -0.0373. The van der Waals surface area contributed by atoms with Gasteiger partial charge in [-0.25, -0.2) is 9.78 Å². The number of nitrogen functional groups attached to an aromatic ring is 1. The zero-order chi connectivity index (χ0) is 21.8. The molecule has 1 aliphatic heterocycles. The molecule has 0 saturated carbocycles. The second-order valence-corrected chi connectivity index (χ2v) is 7.86. The van der Waals surface area contributed by atoms with Crippen molar-refractivity contribution in [2.45, 2.75) is 6.23 Å². The van der Waals surface area contributed by atoms with Crippen LogP contribution < -0.4 is 10.6 Å². The van der Waals surface area contributed by atoms with Crippen LogP contribution in [0.3, 0.4) is 0 Å². The molecule has 160 valence electrons. The molecule has 2 N–H and O–H groups in total. The molecule has 31 heavy (non-hydrogen) atoms. The van der Waals surface area contributed by atoms with Crippen molar-refractivity contribution in [3.63, 3.8) is 0 Å². The van der Waals surface area contributed by atoms with Gasteiger partial charge in [-0.3, -0.25) is 9.88 Å². The predicted octanol–water partition coefficient (Wildman–Crippen LogP) is 4.04. The van der Waals surface area contributed by atoms with Crippen LogP contribution in [-0.4, -0.2) is 47.0 Å². The minimum atomic E-state index is -0.712. The second kappa shape index (κ2) is 9.51. The van der Waals surface area contributed by atoms with Gasteiger partial charge in [-0.2, -0.15) is 0 Å². The van der Waals surface area contributed by atoms with E-state index in [9.17, 15) is 4.79 Å². The van der Waals surface area contributed by atoms with Gasteiger partial charge in [0.1, 0.15) is 0 Å². The maximum atomic E-state index is 12.7. The first-order valence-corrected chi connectivity index (χ1v) is 10.5. The van der Waals surface area contributed by atoms with Gasteiger partial charge in [0.05, 0.1) is 27.6 Å². The Morgan fingerprint density at radius 1 is 1.03 bits per heavy atom. The third kappa shape index (κ3) is 4.74. The first kappa shape index (κ1) is 21.4. The molecule has 4 rings (SSSR count). The largest absolute Gasteiger partial charge is 0.437 e. The number of aromatic nitrogens is 2. The van der Waals surface area contributed by atoms with Crippen LogP contribution in [0, 0.1) is 0 Å². The summed E-state index contributed by atoms with van der Waals surface area (Å²) in [5, 5.41) is 0.756.